The summed E-state index contributed by atoms with van der Waals surface area (Å²) in [6.07, 6.45) is -4.35. The lowest BCUT2D eigenvalue weighted by atomic mass is 10.1. The largest absolute Gasteiger partial charge is 0.508 e. The van der Waals surface area contributed by atoms with Crippen LogP contribution in [-0.2, 0) is 12.7 Å². The predicted molar refractivity (Wildman–Crippen MR) is 71.6 cm³/mol. The summed E-state index contributed by atoms with van der Waals surface area (Å²) >= 11 is 0. The lowest BCUT2D eigenvalue weighted by molar-refractivity contribution is -0.138. The van der Waals surface area contributed by atoms with Gasteiger partial charge in [0, 0.05) is 12.2 Å². The Balaban J connectivity index is 2.14. The molecule has 0 atom stereocenters. The minimum atomic E-state index is -4.35. The Morgan fingerprint density at radius 3 is 2.50 bits per heavy atom. The van der Waals surface area contributed by atoms with E-state index in [1.165, 1.54) is 19.1 Å². The van der Waals surface area contributed by atoms with Gasteiger partial charge < -0.3 is 10.4 Å². The number of phenols is 1. The second-order valence-corrected chi connectivity index (χ2v) is 4.55. The van der Waals surface area contributed by atoms with E-state index >= 15 is 0 Å². The summed E-state index contributed by atoms with van der Waals surface area (Å²) in [5.41, 5.74) is 0.740. The molecule has 0 aliphatic carbocycles. The molecule has 0 unspecified atom stereocenters. The zero-order chi connectivity index (χ0) is 14.8. The molecule has 2 N–H and O–H groups in total. The highest BCUT2D eigenvalue weighted by molar-refractivity contribution is 5.50. The van der Waals surface area contributed by atoms with E-state index in [1.807, 2.05) is 0 Å². The van der Waals surface area contributed by atoms with E-state index in [9.17, 15) is 18.3 Å². The van der Waals surface area contributed by atoms with E-state index < -0.39 is 11.7 Å². The highest BCUT2D eigenvalue weighted by Gasteiger charge is 2.32. The minimum Gasteiger partial charge on any atom is -0.508 e. The number of nitrogens with one attached hydrogen (secondary N) is 1. The lowest BCUT2D eigenvalue weighted by Crippen LogP contribution is -2.09. The maximum absolute atomic E-state index is 12.8. The molecule has 0 aromatic heterocycles. The topological polar surface area (TPSA) is 32.3 Å². The standard InChI is InChI=1S/C15H14F3NO/c1-10-5-6-12(8-14(10)15(16,17)18)19-9-11-3-2-4-13(20)7-11/h2-8,19-20H,9H2,1H3. The van der Waals surface area contributed by atoms with E-state index in [1.54, 1.807) is 24.3 Å². The number of halogens is 3. The van der Waals surface area contributed by atoms with Crippen LogP contribution in [-0.4, -0.2) is 5.11 Å². The molecule has 0 spiro atoms. The summed E-state index contributed by atoms with van der Waals surface area (Å²) in [6, 6.07) is 10.7. The van der Waals surface area contributed by atoms with Crippen molar-refractivity contribution in [1.82, 2.24) is 0 Å². The maximum atomic E-state index is 12.8. The molecular formula is C15H14F3NO. The normalized spacial score (nSPS) is 11.4. The average molecular weight is 281 g/mol. The first-order valence-corrected chi connectivity index (χ1v) is 6.06. The second kappa shape index (κ2) is 5.45. The van der Waals surface area contributed by atoms with Crippen molar-refractivity contribution in [2.75, 3.05) is 5.32 Å². The van der Waals surface area contributed by atoms with E-state index in [-0.39, 0.29) is 11.3 Å². The van der Waals surface area contributed by atoms with Crippen molar-refractivity contribution in [2.45, 2.75) is 19.6 Å². The number of anilines is 1. The third-order valence-electron chi connectivity index (χ3n) is 2.95. The van der Waals surface area contributed by atoms with Crippen LogP contribution in [0.5, 0.6) is 5.75 Å². The highest BCUT2D eigenvalue weighted by atomic mass is 19.4. The molecule has 0 saturated carbocycles. The first-order chi connectivity index (χ1) is 9.36. The van der Waals surface area contributed by atoms with Gasteiger partial charge in [0.25, 0.3) is 0 Å². The monoisotopic (exact) mass is 281 g/mol. The summed E-state index contributed by atoms with van der Waals surface area (Å²) in [7, 11) is 0. The van der Waals surface area contributed by atoms with E-state index in [4.69, 9.17) is 0 Å². The summed E-state index contributed by atoms with van der Waals surface area (Å²) in [5.74, 6) is 0.129. The van der Waals surface area contributed by atoms with Crippen molar-refractivity contribution in [3.63, 3.8) is 0 Å². The number of rotatable bonds is 3. The van der Waals surface area contributed by atoms with Gasteiger partial charge in [-0.1, -0.05) is 18.2 Å². The Morgan fingerprint density at radius 2 is 1.85 bits per heavy atom. The van der Waals surface area contributed by atoms with E-state index in [2.05, 4.69) is 5.32 Å². The molecular weight excluding hydrogens is 267 g/mol. The number of aromatic hydroxyl groups is 1. The highest BCUT2D eigenvalue weighted by Crippen LogP contribution is 2.33. The van der Waals surface area contributed by atoms with Gasteiger partial charge in [-0.05, 0) is 42.3 Å². The minimum absolute atomic E-state index is 0.129. The predicted octanol–water partition coefficient (Wildman–Crippen LogP) is 4.33. The van der Waals surface area contributed by atoms with Crippen LogP contribution in [0.2, 0.25) is 0 Å². The van der Waals surface area contributed by atoms with Crippen molar-refractivity contribution < 1.29 is 18.3 Å². The van der Waals surface area contributed by atoms with Crippen molar-refractivity contribution in [2.24, 2.45) is 0 Å². The molecule has 2 rings (SSSR count). The molecule has 2 aromatic rings. The Labute approximate surface area is 114 Å². The van der Waals surface area contributed by atoms with Crippen molar-refractivity contribution in [1.29, 1.82) is 0 Å². The van der Waals surface area contributed by atoms with Crippen LogP contribution in [0.1, 0.15) is 16.7 Å². The number of hydrogen-bond acceptors (Lipinski definition) is 2. The third kappa shape index (κ3) is 3.44. The van der Waals surface area contributed by atoms with Gasteiger partial charge in [0.05, 0.1) is 5.56 Å². The van der Waals surface area contributed by atoms with Crippen LogP contribution in [0.15, 0.2) is 42.5 Å². The van der Waals surface area contributed by atoms with Crippen LogP contribution in [0.4, 0.5) is 18.9 Å². The lowest BCUT2D eigenvalue weighted by Gasteiger charge is -2.13. The Kier molecular flexibility index (Phi) is 3.88. The fourth-order valence-corrected chi connectivity index (χ4v) is 1.91. The number of aryl methyl sites for hydroxylation is 1. The Morgan fingerprint density at radius 1 is 1.10 bits per heavy atom. The number of alkyl halides is 3. The van der Waals surface area contributed by atoms with E-state index in [0.29, 0.717) is 12.2 Å². The van der Waals surface area contributed by atoms with Crippen molar-refractivity contribution in [3.8, 4) is 5.75 Å². The van der Waals surface area contributed by atoms with Crippen LogP contribution in [0.3, 0.4) is 0 Å². The first kappa shape index (κ1) is 14.2. The van der Waals surface area contributed by atoms with Crippen LogP contribution < -0.4 is 5.32 Å². The molecule has 0 aliphatic rings. The molecule has 0 aliphatic heterocycles. The van der Waals surface area contributed by atoms with Crippen LogP contribution in [0, 0.1) is 6.92 Å². The SMILES string of the molecule is Cc1ccc(NCc2cccc(O)c2)cc1C(F)(F)F. The van der Waals surface area contributed by atoms with Gasteiger partial charge in [-0.15, -0.1) is 0 Å². The second-order valence-electron chi connectivity index (χ2n) is 4.55. The summed E-state index contributed by atoms with van der Waals surface area (Å²) in [4.78, 5) is 0. The third-order valence-corrected chi connectivity index (χ3v) is 2.95. The smallest absolute Gasteiger partial charge is 0.416 e. The molecule has 2 aromatic carbocycles. The Bertz CT molecular complexity index is 608. The molecule has 0 heterocycles. The molecule has 0 saturated heterocycles. The first-order valence-electron chi connectivity index (χ1n) is 6.06. The van der Waals surface area contributed by atoms with Gasteiger partial charge in [-0.25, -0.2) is 0 Å². The molecule has 0 fully saturated rings. The maximum Gasteiger partial charge on any atom is 0.416 e. The zero-order valence-corrected chi connectivity index (χ0v) is 10.8. The molecule has 0 bridgehead atoms. The summed E-state index contributed by atoms with van der Waals surface area (Å²) in [6.45, 7) is 1.77. The van der Waals surface area contributed by atoms with Crippen molar-refractivity contribution >= 4 is 5.69 Å². The van der Waals surface area contributed by atoms with Crippen LogP contribution in [0.25, 0.3) is 0 Å². The fraction of sp³-hybridized carbons (Fsp3) is 0.200. The number of benzene rings is 2. The van der Waals surface area contributed by atoms with Crippen molar-refractivity contribution in [3.05, 3.63) is 59.2 Å². The van der Waals surface area contributed by atoms with Gasteiger partial charge in [-0.3, -0.25) is 0 Å². The quantitative estimate of drug-likeness (QED) is 0.877. The zero-order valence-electron chi connectivity index (χ0n) is 10.8. The fourth-order valence-electron chi connectivity index (χ4n) is 1.91. The van der Waals surface area contributed by atoms with Gasteiger partial charge >= 0.3 is 6.18 Å². The average Bonchev–Trinajstić information content (AvgIpc) is 2.36. The van der Waals surface area contributed by atoms with Gasteiger partial charge in [0.2, 0.25) is 0 Å². The van der Waals surface area contributed by atoms with Crippen LogP contribution >= 0.6 is 0 Å². The molecule has 2 nitrogen and oxygen atoms in total. The van der Waals surface area contributed by atoms with E-state index in [0.717, 1.165) is 11.6 Å². The van der Waals surface area contributed by atoms with Gasteiger partial charge in [0.1, 0.15) is 5.75 Å². The molecule has 20 heavy (non-hydrogen) atoms. The number of hydrogen-bond donors (Lipinski definition) is 2. The molecule has 0 amide bonds. The summed E-state index contributed by atoms with van der Waals surface area (Å²) < 4.78 is 38.4. The van der Waals surface area contributed by atoms with Gasteiger partial charge in [0.15, 0.2) is 0 Å². The summed E-state index contributed by atoms with van der Waals surface area (Å²) in [5, 5.41) is 12.2. The molecule has 106 valence electrons. The molecule has 5 heteroatoms. The molecule has 0 radical (unpaired) electrons. The van der Waals surface area contributed by atoms with Gasteiger partial charge in [-0.2, -0.15) is 13.2 Å². The Hall–Kier alpha value is -2.17. The number of phenolic OH excluding ortho intramolecular Hbond substituents is 1.